The van der Waals surface area contributed by atoms with E-state index in [0.717, 1.165) is 16.7 Å². The van der Waals surface area contributed by atoms with Gasteiger partial charge in [-0.05, 0) is 98.2 Å². The van der Waals surface area contributed by atoms with Crippen molar-refractivity contribution < 1.29 is 9.18 Å². The van der Waals surface area contributed by atoms with Crippen LogP contribution in [0, 0.1) is 26.6 Å². The number of aryl methyl sites for hydroxylation is 3. The van der Waals surface area contributed by atoms with Crippen molar-refractivity contribution in [1.82, 2.24) is 20.3 Å². The summed E-state index contributed by atoms with van der Waals surface area (Å²) < 4.78 is 13.2. The summed E-state index contributed by atoms with van der Waals surface area (Å²) in [7, 11) is 0. The molecule has 0 aliphatic heterocycles. The molecule has 0 aliphatic rings. The summed E-state index contributed by atoms with van der Waals surface area (Å²) in [6, 6.07) is 15.1. The molecule has 1 aromatic heterocycles. The molecule has 0 atom stereocenters. The van der Waals surface area contributed by atoms with E-state index in [0.29, 0.717) is 28.0 Å². The zero-order valence-corrected chi connectivity index (χ0v) is 18.0. The highest BCUT2D eigenvalue weighted by molar-refractivity contribution is 7.80. The van der Waals surface area contributed by atoms with E-state index in [1.165, 1.54) is 16.9 Å². The number of aromatic nitrogens is 3. The van der Waals surface area contributed by atoms with E-state index in [9.17, 15) is 9.18 Å². The number of nitrogens with zero attached hydrogens (tertiary/aromatic N) is 3. The van der Waals surface area contributed by atoms with Gasteiger partial charge in [-0.2, -0.15) is 4.80 Å². The summed E-state index contributed by atoms with van der Waals surface area (Å²) in [5.41, 5.74) is 6.29. The number of benzene rings is 3. The molecule has 0 saturated heterocycles. The number of amides is 1. The van der Waals surface area contributed by atoms with Crippen LogP contribution in [0.3, 0.4) is 0 Å². The molecule has 0 unspecified atom stereocenters. The highest BCUT2D eigenvalue weighted by Crippen LogP contribution is 2.22. The van der Waals surface area contributed by atoms with Gasteiger partial charge >= 0.3 is 0 Å². The molecule has 4 rings (SSSR count). The van der Waals surface area contributed by atoms with E-state index in [1.54, 1.807) is 18.2 Å². The number of hydrogen-bond donors (Lipinski definition) is 2. The van der Waals surface area contributed by atoms with Crippen molar-refractivity contribution >= 4 is 40.0 Å². The normalized spacial score (nSPS) is 10.8. The Balaban J connectivity index is 1.52. The van der Waals surface area contributed by atoms with Gasteiger partial charge in [-0.3, -0.25) is 10.1 Å². The molecular formula is C23H20FN5OS. The summed E-state index contributed by atoms with van der Waals surface area (Å²) in [5.74, 6) is -0.597. The number of rotatable bonds is 3. The van der Waals surface area contributed by atoms with Crippen LogP contribution < -0.4 is 10.6 Å². The topological polar surface area (TPSA) is 71.8 Å². The molecule has 2 N–H and O–H groups in total. The summed E-state index contributed by atoms with van der Waals surface area (Å²) in [4.78, 5) is 14.0. The first kappa shape index (κ1) is 20.6. The molecule has 0 bridgehead atoms. The molecule has 0 radical (unpaired) electrons. The minimum absolute atomic E-state index is 0.191. The Hall–Kier alpha value is -3.65. The molecule has 4 aromatic rings. The van der Waals surface area contributed by atoms with Gasteiger partial charge in [-0.25, -0.2) is 4.39 Å². The molecule has 0 spiro atoms. The Morgan fingerprint density at radius 1 is 0.903 bits per heavy atom. The molecule has 156 valence electrons. The number of hydrogen-bond acceptors (Lipinski definition) is 4. The van der Waals surface area contributed by atoms with Gasteiger partial charge in [-0.1, -0.05) is 6.07 Å². The van der Waals surface area contributed by atoms with E-state index in [1.807, 2.05) is 45.0 Å². The number of nitrogens with one attached hydrogen (secondary N) is 2. The minimum atomic E-state index is -0.320. The summed E-state index contributed by atoms with van der Waals surface area (Å²) in [6.45, 7) is 5.86. The van der Waals surface area contributed by atoms with Crippen molar-refractivity contribution in [1.29, 1.82) is 0 Å². The third-order valence-electron chi connectivity index (χ3n) is 5.03. The average molecular weight is 434 g/mol. The number of fused-ring (bicyclic) bond motifs is 1. The largest absolute Gasteiger partial charge is 0.332 e. The number of halogens is 1. The molecular weight excluding hydrogens is 413 g/mol. The van der Waals surface area contributed by atoms with E-state index in [-0.39, 0.29) is 16.8 Å². The maximum absolute atomic E-state index is 13.2. The van der Waals surface area contributed by atoms with Gasteiger partial charge in [0.05, 0.1) is 5.69 Å². The van der Waals surface area contributed by atoms with E-state index in [2.05, 4.69) is 20.8 Å². The first-order chi connectivity index (χ1) is 14.8. The van der Waals surface area contributed by atoms with E-state index >= 15 is 0 Å². The second-order valence-corrected chi connectivity index (χ2v) is 7.74. The van der Waals surface area contributed by atoms with Gasteiger partial charge in [-0.15, -0.1) is 10.2 Å². The highest BCUT2D eigenvalue weighted by Gasteiger charge is 2.12. The third kappa shape index (κ3) is 4.44. The Labute approximate surface area is 184 Å². The first-order valence-corrected chi connectivity index (χ1v) is 10.0. The molecule has 8 heteroatoms. The molecule has 0 aliphatic carbocycles. The van der Waals surface area contributed by atoms with Crippen LogP contribution >= 0.6 is 12.2 Å². The molecule has 1 amide bonds. The zero-order valence-electron chi connectivity index (χ0n) is 17.2. The monoisotopic (exact) mass is 433 g/mol. The van der Waals surface area contributed by atoms with Gasteiger partial charge in [0.25, 0.3) is 5.91 Å². The highest BCUT2D eigenvalue weighted by atomic mass is 32.1. The summed E-state index contributed by atoms with van der Waals surface area (Å²) in [5, 5.41) is 14.9. The Bertz CT molecular complexity index is 1310. The number of anilines is 1. The maximum Gasteiger partial charge on any atom is 0.257 e. The lowest BCUT2D eigenvalue weighted by Crippen LogP contribution is -2.34. The van der Waals surface area contributed by atoms with Gasteiger partial charge < -0.3 is 5.32 Å². The van der Waals surface area contributed by atoms with E-state index in [4.69, 9.17) is 12.2 Å². The van der Waals surface area contributed by atoms with Crippen molar-refractivity contribution in [3.05, 3.63) is 82.7 Å². The first-order valence-electron chi connectivity index (χ1n) is 9.63. The number of thiocarbonyl (C=S) groups is 1. The fourth-order valence-corrected chi connectivity index (χ4v) is 3.31. The van der Waals surface area contributed by atoms with Crippen LogP contribution in [0.25, 0.3) is 16.7 Å². The van der Waals surface area contributed by atoms with Crippen LogP contribution in [0.5, 0.6) is 0 Å². The van der Waals surface area contributed by atoms with Gasteiger partial charge in [0.1, 0.15) is 16.9 Å². The zero-order chi connectivity index (χ0) is 22.1. The maximum atomic E-state index is 13.2. The van der Waals surface area contributed by atoms with Crippen molar-refractivity contribution in [2.24, 2.45) is 0 Å². The van der Waals surface area contributed by atoms with Gasteiger partial charge in [0.15, 0.2) is 5.11 Å². The lowest BCUT2D eigenvalue weighted by atomic mass is 10.1. The van der Waals surface area contributed by atoms with Crippen LogP contribution in [0.4, 0.5) is 10.1 Å². The average Bonchev–Trinajstić information content (AvgIpc) is 3.13. The van der Waals surface area contributed by atoms with Crippen LogP contribution in [0.1, 0.15) is 27.0 Å². The smallest absolute Gasteiger partial charge is 0.257 e. The molecule has 31 heavy (non-hydrogen) atoms. The van der Waals surface area contributed by atoms with Crippen molar-refractivity contribution in [2.75, 3.05) is 5.32 Å². The van der Waals surface area contributed by atoms with E-state index < -0.39 is 0 Å². The van der Waals surface area contributed by atoms with Crippen LogP contribution in [0.15, 0.2) is 54.6 Å². The Kier molecular flexibility index (Phi) is 5.48. The van der Waals surface area contributed by atoms with Crippen LogP contribution in [0.2, 0.25) is 0 Å². The van der Waals surface area contributed by atoms with Crippen molar-refractivity contribution in [3.63, 3.8) is 0 Å². The molecule has 1 heterocycles. The predicted molar refractivity (Wildman–Crippen MR) is 123 cm³/mol. The van der Waals surface area contributed by atoms with Gasteiger partial charge in [0, 0.05) is 11.3 Å². The van der Waals surface area contributed by atoms with Crippen molar-refractivity contribution in [2.45, 2.75) is 20.8 Å². The fourth-order valence-electron chi connectivity index (χ4n) is 3.10. The number of carbonyl (C=O) groups excluding carboxylic acids is 1. The predicted octanol–water partition coefficient (Wildman–Crippen LogP) is 4.61. The molecule has 0 saturated carbocycles. The Morgan fingerprint density at radius 2 is 1.58 bits per heavy atom. The van der Waals surface area contributed by atoms with Crippen molar-refractivity contribution in [3.8, 4) is 5.69 Å². The minimum Gasteiger partial charge on any atom is -0.332 e. The third-order valence-corrected chi connectivity index (χ3v) is 5.23. The quantitative estimate of drug-likeness (QED) is 0.462. The molecule has 0 fully saturated rings. The second kappa shape index (κ2) is 8.23. The molecule has 6 nitrogen and oxygen atoms in total. The lowest BCUT2D eigenvalue weighted by molar-refractivity contribution is 0.0977. The fraction of sp³-hybridized carbons (Fsp3) is 0.130. The summed E-state index contributed by atoms with van der Waals surface area (Å²) >= 11 is 5.33. The van der Waals surface area contributed by atoms with Crippen LogP contribution in [-0.2, 0) is 0 Å². The SMILES string of the molecule is Cc1ccc(C(=O)NC(=S)Nc2cc3nn(-c4ccc(F)cc4)nc3cc2C)cc1C. The van der Waals surface area contributed by atoms with Crippen LogP contribution in [-0.4, -0.2) is 26.0 Å². The second-order valence-electron chi connectivity index (χ2n) is 7.33. The number of carbonyl (C=O) groups is 1. The molecule has 3 aromatic carbocycles. The summed E-state index contributed by atoms with van der Waals surface area (Å²) in [6.07, 6.45) is 0. The Morgan fingerprint density at radius 3 is 2.26 bits per heavy atom. The van der Waals surface area contributed by atoms with Gasteiger partial charge in [0.2, 0.25) is 0 Å². The standard InChI is InChI=1S/C23H20FN5OS/c1-13-4-5-16(10-14(13)2)22(30)26-23(31)25-19-12-21-20(11-15(19)3)27-29(28-21)18-8-6-17(24)7-9-18/h4-12H,1-3H3,(H2,25,26,30,31). The lowest BCUT2D eigenvalue weighted by Gasteiger charge is -2.12.